The van der Waals surface area contributed by atoms with Crippen LogP contribution in [0.3, 0.4) is 0 Å². The molecule has 0 unspecified atom stereocenters. The fraction of sp³-hybridized carbons (Fsp3) is 0.200. The molecule has 21 heavy (non-hydrogen) atoms. The number of fused-ring (bicyclic) bond motifs is 1. The zero-order valence-corrected chi connectivity index (χ0v) is 11.4. The maximum Gasteiger partial charge on any atom is 0.292 e. The number of anilines is 3. The van der Waals surface area contributed by atoms with Crippen molar-refractivity contribution >= 4 is 22.7 Å². The minimum absolute atomic E-state index is 0.0696. The van der Waals surface area contributed by atoms with E-state index in [1.807, 2.05) is 12.1 Å². The molecule has 0 saturated carbocycles. The van der Waals surface area contributed by atoms with Gasteiger partial charge in [-0.1, -0.05) is 12.1 Å². The van der Waals surface area contributed by atoms with Gasteiger partial charge in [-0.3, -0.25) is 10.1 Å². The molecule has 0 aliphatic carbocycles. The number of rotatable bonds is 3. The highest BCUT2D eigenvalue weighted by Gasteiger charge is 2.14. The van der Waals surface area contributed by atoms with Crippen molar-refractivity contribution in [3.8, 4) is 0 Å². The second-order valence-electron chi connectivity index (χ2n) is 5.03. The largest absolute Gasteiger partial charge is 0.393 e. The van der Waals surface area contributed by atoms with E-state index in [4.69, 9.17) is 5.73 Å². The van der Waals surface area contributed by atoms with Crippen LogP contribution in [0.25, 0.3) is 0 Å². The van der Waals surface area contributed by atoms with E-state index in [9.17, 15) is 10.1 Å². The van der Waals surface area contributed by atoms with Crippen LogP contribution in [0.2, 0.25) is 0 Å². The van der Waals surface area contributed by atoms with Crippen molar-refractivity contribution < 1.29 is 4.92 Å². The average molecular weight is 284 g/mol. The molecule has 1 aliphatic heterocycles. The lowest BCUT2D eigenvalue weighted by Gasteiger charge is -2.21. The summed E-state index contributed by atoms with van der Waals surface area (Å²) in [6, 6.07) is 10.8. The minimum atomic E-state index is -0.477. The highest BCUT2D eigenvalue weighted by atomic mass is 16.6. The summed E-state index contributed by atoms with van der Waals surface area (Å²) in [4.78, 5) is 10.3. The Morgan fingerprint density at radius 1 is 1.29 bits per heavy atom. The molecule has 0 atom stereocenters. The lowest BCUT2D eigenvalue weighted by molar-refractivity contribution is -0.383. The minimum Gasteiger partial charge on any atom is -0.393 e. The summed E-state index contributed by atoms with van der Waals surface area (Å²) >= 11 is 0. The fourth-order valence-electron chi connectivity index (χ4n) is 2.60. The smallest absolute Gasteiger partial charge is 0.292 e. The van der Waals surface area contributed by atoms with Gasteiger partial charge in [0.05, 0.1) is 4.92 Å². The molecule has 0 radical (unpaired) electrons. The molecule has 3 rings (SSSR count). The van der Waals surface area contributed by atoms with E-state index in [0.717, 1.165) is 30.9 Å². The van der Waals surface area contributed by atoms with Gasteiger partial charge in [-0.15, -0.1) is 0 Å². The zero-order valence-electron chi connectivity index (χ0n) is 11.4. The second-order valence-corrected chi connectivity index (χ2v) is 5.03. The maximum absolute atomic E-state index is 10.8. The van der Waals surface area contributed by atoms with E-state index >= 15 is 0 Å². The molecular formula is C15H16N4O2. The Morgan fingerprint density at radius 3 is 2.90 bits per heavy atom. The summed E-state index contributed by atoms with van der Waals surface area (Å²) in [7, 11) is 0. The Morgan fingerprint density at radius 2 is 2.14 bits per heavy atom. The average Bonchev–Trinajstić information content (AvgIpc) is 2.47. The molecule has 1 aliphatic rings. The van der Waals surface area contributed by atoms with Crippen molar-refractivity contribution in [3.63, 3.8) is 0 Å². The predicted molar refractivity (Wildman–Crippen MR) is 82.6 cm³/mol. The van der Waals surface area contributed by atoms with Crippen molar-refractivity contribution in [3.05, 3.63) is 57.6 Å². The molecule has 0 bridgehead atoms. The van der Waals surface area contributed by atoms with E-state index in [2.05, 4.69) is 16.7 Å². The monoisotopic (exact) mass is 284 g/mol. The topological polar surface area (TPSA) is 93.2 Å². The van der Waals surface area contributed by atoms with E-state index in [-0.39, 0.29) is 11.4 Å². The first-order valence-corrected chi connectivity index (χ1v) is 6.77. The van der Waals surface area contributed by atoms with Crippen molar-refractivity contribution in [1.29, 1.82) is 0 Å². The van der Waals surface area contributed by atoms with E-state index < -0.39 is 4.92 Å². The van der Waals surface area contributed by atoms with E-state index in [1.54, 1.807) is 12.1 Å². The number of nitrogens with two attached hydrogens (primary N) is 1. The van der Waals surface area contributed by atoms with E-state index in [1.165, 1.54) is 17.2 Å². The summed E-state index contributed by atoms with van der Waals surface area (Å²) in [6.07, 6.45) is 0.959. The van der Waals surface area contributed by atoms with Crippen LogP contribution in [0.5, 0.6) is 0 Å². The van der Waals surface area contributed by atoms with Gasteiger partial charge in [0, 0.05) is 24.0 Å². The molecule has 2 aromatic rings. The summed E-state index contributed by atoms with van der Waals surface area (Å²) in [5.41, 5.74) is 10.2. The third kappa shape index (κ3) is 2.66. The molecule has 1 heterocycles. The predicted octanol–water partition coefficient (Wildman–Crippen LogP) is 2.57. The number of hydrogen-bond donors (Lipinski definition) is 3. The first-order valence-electron chi connectivity index (χ1n) is 6.77. The lowest BCUT2D eigenvalue weighted by Crippen LogP contribution is -2.24. The Kier molecular flexibility index (Phi) is 3.45. The van der Waals surface area contributed by atoms with Crippen molar-refractivity contribution in [2.45, 2.75) is 13.0 Å². The second kappa shape index (κ2) is 5.41. The van der Waals surface area contributed by atoms with Crippen molar-refractivity contribution in [1.82, 2.24) is 5.32 Å². The number of hydrogen-bond acceptors (Lipinski definition) is 5. The van der Waals surface area contributed by atoms with Gasteiger partial charge < -0.3 is 16.4 Å². The van der Waals surface area contributed by atoms with Crippen molar-refractivity contribution in [2.24, 2.45) is 0 Å². The van der Waals surface area contributed by atoms with Gasteiger partial charge in [0.25, 0.3) is 5.69 Å². The summed E-state index contributed by atoms with van der Waals surface area (Å²) in [6.45, 7) is 1.82. The molecule has 6 heteroatoms. The fourth-order valence-corrected chi connectivity index (χ4v) is 2.60. The Hall–Kier alpha value is -2.60. The lowest BCUT2D eigenvalue weighted by atomic mass is 9.99. The quantitative estimate of drug-likeness (QED) is 0.457. The van der Waals surface area contributed by atoms with Crippen LogP contribution < -0.4 is 16.4 Å². The third-order valence-corrected chi connectivity index (χ3v) is 3.64. The highest BCUT2D eigenvalue weighted by molar-refractivity contribution is 5.71. The molecule has 0 saturated heterocycles. The van der Waals surface area contributed by atoms with Crippen molar-refractivity contribution in [2.75, 3.05) is 17.6 Å². The number of benzene rings is 2. The molecule has 0 aromatic heterocycles. The van der Waals surface area contributed by atoms with Crippen LogP contribution >= 0.6 is 0 Å². The van der Waals surface area contributed by atoms with Crippen LogP contribution in [0, 0.1) is 10.1 Å². The van der Waals surface area contributed by atoms with Crippen LogP contribution in [0.15, 0.2) is 36.4 Å². The van der Waals surface area contributed by atoms with Gasteiger partial charge in [-0.05, 0) is 42.3 Å². The summed E-state index contributed by atoms with van der Waals surface area (Å²) < 4.78 is 0. The molecule has 2 aromatic carbocycles. The molecule has 6 nitrogen and oxygen atoms in total. The zero-order chi connectivity index (χ0) is 14.8. The molecule has 0 amide bonds. The van der Waals surface area contributed by atoms with Gasteiger partial charge in [0.2, 0.25) is 0 Å². The van der Waals surface area contributed by atoms with Gasteiger partial charge in [0.15, 0.2) is 0 Å². The third-order valence-electron chi connectivity index (χ3n) is 3.64. The molecule has 108 valence electrons. The summed E-state index contributed by atoms with van der Waals surface area (Å²) in [5.74, 6) is 0. The molecular weight excluding hydrogens is 268 g/mol. The Bertz CT molecular complexity index is 700. The summed E-state index contributed by atoms with van der Waals surface area (Å²) in [5, 5.41) is 17.4. The Labute approximate surface area is 122 Å². The van der Waals surface area contributed by atoms with Crippen LogP contribution in [-0.4, -0.2) is 11.5 Å². The number of nitrogen functional groups attached to an aromatic ring is 1. The SMILES string of the molecule is Nc1cc(Nc2cccc3c2CCNC3)ccc1[N+](=O)[O-]. The molecule has 4 N–H and O–H groups in total. The van der Waals surface area contributed by atoms with E-state index in [0.29, 0.717) is 0 Å². The van der Waals surface area contributed by atoms with Gasteiger partial charge >= 0.3 is 0 Å². The molecule has 0 fully saturated rings. The van der Waals surface area contributed by atoms with Gasteiger partial charge in [0.1, 0.15) is 5.69 Å². The highest BCUT2D eigenvalue weighted by Crippen LogP contribution is 2.29. The van der Waals surface area contributed by atoms with Crippen LogP contribution in [0.4, 0.5) is 22.7 Å². The number of nitrogens with zero attached hydrogens (tertiary/aromatic N) is 1. The first-order chi connectivity index (χ1) is 10.1. The number of nitrogens with one attached hydrogen (secondary N) is 2. The first kappa shape index (κ1) is 13.4. The number of nitro groups is 1. The van der Waals surface area contributed by atoms with Crippen LogP contribution in [0.1, 0.15) is 11.1 Å². The molecule has 0 spiro atoms. The van der Waals surface area contributed by atoms with Gasteiger partial charge in [-0.2, -0.15) is 0 Å². The van der Waals surface area contributed by atoms with Crippen LogP contribution in [-0.2, 0) is 13.0 Å². The maximum atomic E-state index is 10.8. The Balaban J connectivity index is 1.91. The van der Waals surface area contributed by atoms with Gasteiger partial charge in [-0.25, -0.2) is 0 Å². The number of nitro benzene ring substituents is 1. The standard InChI is InChI=1S/C15H16N4O2/c16-13-8-11(4-5-15(13)19(20)21)18-14-3-1-2-10-9-17-7-6-12(10)14/h1-5,8,17-18H,6-7,9,16H2. The normalized spacial score (nSPS) is 13.5.